The van der Waals surface area contributed by atoms with Crippen LogP contribution in [0.5, 0.6) is 0 Å². The van der Waals surface area contributed by atoms with Crippen molar-refractivity contribution < 1.29 is 57.9 Å². The van der Waals surface area contributed by atoms with Gasteiger partial charge in [-0.05, 0) is 32.1 Å². The maximum absolute atomic E-state index is 12.7. The van der Waals surface area contributed by atoms with Gasteiger partial charge in [0, 0.05) is 12.8 Å². The molecule has 0 saturated heterocycles. The second kappa shape index (κ2) is 42.7. The van der Waals surface area contributed by atoms with Gasteiger partial charge >= 0.3 is 17.9 Å². The normalized spacial score (nSPS) is 14.0. The van der Waals surface area contributed by atoms with Gasteiger partial charge in [0.15, 0.2) is 6.10 Å². The second-order valence-corrected chi connectivity index (χ2v) is 18.2. The first-order chi connectivity index (χ1) is 29.0. The van der Waals surface area contributed by atoms with Gasteiger partial charge in [-0.15, -0.1) is 0 Å². The van der Waals surface area contributed by atoms with E-state index in [4.69, 9.17) is 29.0 Å². The minimum absolute atomic E-state index is 0.150. The highest BCUT2D eigenvalue weighted by Crippen LogP contribution is 2.38. The van der Waals surface area contributed by atoms with Crippen molar-refractivity contribution >= 4 is 25.7 Å². The van der Waals surface area contributed by atoms with Crippen molar-refractivity contribution in [3.63, 3.8) is 0 Å². The fourth-order valence-corrected chi connectivity index (χ4v) is 7.71. The van der Waals surface area contributed by atoms with Crippen LogP contribution < -0.4 is 16.4 Å². The second-order valence-electron chi connectivity index (χ2n) is 16.8. The van der Waals surface area contributed by atoms with Crippen LogP contribution in [-0.2, 0) is 42.2 Å². The molecule has 0 saturated carbocycles. The lowest BCUT2D eigenvalue weighted by Crippen LogP contribution is -2.50. The van der Waals surface area contributed by atoms with Gasteiger partial charge in [-0.25, -0.2) is 0 Å². The number of carbonyl (C=O) groups is 3. The minimum atomic E-state index is -4.99. The van der Waals surface area contributed by atoms with Gasteiger partial charge in [-0.3, -0.25) is 18.9 Å². The van der Waals surface area contributed by atoms with E-state index < -0.39 is 63.8 Å². The number of hydrogen-bond donors (Lipinski definition) is 3. The molecular weight excluding hydrogens is 787 g/mol. The lowest BCUT2D eigenvalue weighted by Gasteiger charge is -2.26. The summed E-state index contributed by atoms with van der Waals surface area (Å²) in [7, 11) is -4.99. The Bertz CT molecular complexity index is 1050. The van der Waals surface area contributed by atoms with Gasteiger partial charge in [0.25, 0.3) is 7.82 Å². The first-order valence-electron chi connectivity index (χ1n) is 24.4. The van der Waals surface area contributed by atoms with Crippen molar-refractivity contribution in [1.82, 2.24) is 0 Å². The van der Waals surface area contributed by atoms with Gasteiger partial charge < -0.3 is 44.7 Å². The molecule has 0 fully saturated rings. The van der Waals surface area contributed by atoms with Crippen molar-refractivity contribution in [2.45, 2.75) is 244 Å². The van der Waals surface area contributed by atoms with E-state index >= 15 is 0 Å². The molecule has 0 bridgehead atoms. The molecule has 0 spiro atoms. The predicted octanol–water partition coefficient (Wildman–Crippen LogP) is 9.33. The summed E-state index contributed by atoms with van der Waals surface area (Å²) < 4.78 is 38.1. The number of aliphatic hydroxyl groups excluding tert-OH is 1. The molecule has 0 radical (unpaired) electrons. The summed E-state index contributed by atoms with van der Waals surface area (Å²) in [4.78, 5) is 49.9. The van der Waals surface area contributed by atoms with E-state index in [-0.39, 0.29) is 19.4 Å². The number of carbonyl (C=O) groups excluding carboxylic acids is 3. The van der Waals surface area contributed by atoms with E-state index in [1.807, 2.05) is 0 Å². The molecule has 0 rings (SSSR count). The quantitative estimate of drug-likeness (QED) is 0.0226. The summed E-state index contributed by atoms with van der Waals surface area (Å²) >= 11 is 0. The van der Waals surface area contributed by atoms with Crippen LogP contribution in [0.1, 0.15) is 226 Å². The van der Waals surface area contributed by atoms with Gasteiger partial charge in [-0.1, -0.05) is 181 Å². The van der Waals surface area contributed by atoms with Gasteiger partial charge in [0.2, 0.25) is 0 Å². The number of hydrogen-bond acceptors (Lipinski definition) is 12. The smallest absolute Gasteiger partial charge is 0.322 e. The maximum atomic E-state index is 12.7. The standard InChI is InChI=1S/C46H91N2O11P/c1-3-5-7-9-11-13-15-17-18-19-20-22-24-26-28-30-35-45(51)59-42(39-55-44(50)34-29-27-25-23-21-16-14-12-10-8-6-4-2)40-58-60(53,54)57-38-41(49)37-56-46(52)43(48)33-31-32-36-47/h41-43,49H,3-40,47-48H2,1-2H3,(H,53,54). The largest absolute Gasteiger partial charge is 0.756 e. The summed E-state index contributed by atoms with van der Waals surface area (Å²) in [6.45, 7) is 2.95. The third kappa shape index (κ3) is 40.5. The number of phosphoric ester groups is 1. The zero-order chi connectivity index (χ0) is 44.4. The van der Waals surface area contributed by atoms with Crippen LogP contribution >= 0.6 is 7.82 Å². The summed E-state index contributed by atoms with van der Waals surface area (Å²) in [5.74, 6) is -1.70. The molecular formula is C46H91N2O11P. The van der Waals surface area contributed by atoms with E-state index in [1.54, 1.807) is 0 Å². The van der Waals surface area contributed by atoms with Crippen molar-refractivity contribution in [2.24, 2.45) is 5.73 Å². The maximum Gasteiger partial charge on any atom is 0.322 e. The minimum Gasteiger partial charge on any atom is -0.756 e. The van der Waals surface area contributed by atoms with E-state index in [0.29, 0.717) is 25.7 Å². The third-order valence-corrected chi connectivity index (χ3v) is 11.7. The van der Waals surface area contributed by atoms with Crippen molar-refractivity contribution in [3.8, 4) is 0 Å². The predicted molar refractivity (Wildman–Crippen MR) is 237 cm³/mol. The number of nitrogens with two attached hydrogens (primary N) is 1. The van der Waals surface area contributed by atoms with Crippen molar-refractivity contribution in [3.05, 3.63) is 0 Å². The Kier molecular flexibility index (Phi) is 41.6. The zero-order valence-electron chi connectivity index (χ0n) is 38.4. The van der Waals surface area contributed by atoms with E-state index in [1.165, 1.54) is 128 Å². The fraction of sp³-hybridized carbons (Fsp3) is 0.935. The van der Waals surface area contributed by atoms with Crippen LogP contribution in [-0.4, -0.2) is 74.2 Å². The SMILES string of the molecule is CCCCCCCCCCCCCCCCCCC(=O)OC(COC(=O)CCCCCCCCCCCCCC)COP(=O)([O-])OCC(O)COC(=O)C(N)CCCC[NH3+]. The molecule has 0 aliphatic heterocycles. The number of unbranched alkanes of at least 4 members (excludes halogenated alkanes) is 27. The Labute approximate surface area is 365 Å². The molecule has 60 heavy (non-hydrogen) atoms. The molecule has 0 aliphatic carbocycles. The summed E-state index contributed by atoms with van der Waals surface area (Å²) in [5.41, 5.74) is 9.54. The fourth-order valence-electron chi connectivity index (χ4n) is 6.93. The third-order valence-electron chi connectivity index (χ3n) is 10.8. The highest BCUT2D eigenvalue weighted by molar-refractivity contribution is 7.45. The zero-order valence-corrected chi connectivity index (χ0v) is 39.3. The van der Waals surface area contributed by atoms with Crippen molar-refractivity contribution in [1.29, 1.82) is 0 Å². The monoisotopic (exact) mass is 879 g/mol. The number of aliphatic hydroxyl groups is 1. The molecule has 356 valence electrons. The summed E-state index contributed by atoms with van der Waals surface area (Å²) in [6.07, 6.45) is 33.2. The van der Waals surface area contributed by atoms with Gasteiger partial charge in [0.05, 0.1) is 19.8 Å². The highest BCUT2D eigenvalue weighted by atomic mass is 31.2. The molecule has 0 aromatic carbocycles. The van der Waals surface area contributed by atoms with Crippen LogP contribution in [0, 0.1) is 0 Å². The number of esters is 3. The van der Waals surface area contributed by atoms with Crippen LogP contribution in [0.2, 0.25) is 0 Å². The Morgan fingerprint density at radius 1 is 0.550 bits per heavy atom. The highest BCUT2D eigenvalue weighted by Gasteiger charge is 2.23. The molecule has 0 amide bonds. The molecule has 6 N–H and O–H groups in total. The molecule has 14 heteroatoms. The Hall–Kier alpha value is -1.60. The topological polar surface area (TPSA) is 211 Å². The molecule has 4 unspecified atom stereocenters. The average molecular weight is 879 g/mol. The molecule has 0 aromatic rings. The first kappa shape index (κ1) is 58.4. The molecule has 13 nitrogen and oxygen atoms in total. The van der Waals surface area contributed by atoms with Crippen molar-refractivity contribution in [2.75, 3.05) is 33.0 Å². The number of quaternary nitrogens is 1. The molecule has 0 heterocycles. The Morgan fingerprint density at radius 2 is 0.950 bits per heavy atom. The molecule has 4 atom stereocenters. The molecule has 0 aliphatic rings. The van der Waals surface area contributed by atoms with Crippen LogP contribution in [0.15, 0.2) is 0 Å². The summed E-state index contributed by atoms with van der Waals surface area (Å²) in [5, 5.41) is 10.1. The van der Waals surface area contributed by atoms with Crippen LogP contribution in [0.25, 0.3) is 0 Å². The van der Waals surface area contributed by atoms with Gasteiger partial charge in [-0.2, -0.15) is 0 Å². The summed E-state index contributed by atoms with van der Waals surface area (Å²) in [6, 6.07) is -0.860. The lowest BCUT2D eigenvalue weighted by atomic mass is 10.0. The lowest BCUT2D eigenvalue weighted by molar-refractivity contribution is -0.368. The average Bonchev–Trinajstić information content (AvgIpc) is 3.23. The molecule has 0 aromatic heterocycles. The Morgan fingerprint density at radius 3 is 1.38 bits per heavy atom. The number of phosphoric acid groups is 1. The Balaban J connectivity index is 4.62. The van der Waals surface area contributed by atoms with Gasteiger partial charge in [0.1, 0.15) is 25.4 Å². The van der Waals surface area contributed by atoms with E-state index in [9.17, 15) is 28.9 Å². The first-order valence-corrected chi connectivity index (χ1v) is 25.8. The number of rotatable bonds is 46. The van der Waals surface area contributed by atoms with Crippen LogP contribution in [0.3, 0.4) is 0 Å². The number of ether oxygens (including phenoxy) is 3. The van der Waals surface area contributed by atoms with E-state index in [2.05, 4.69) is 19.6 Å². The van der Waals surface area contributed by atoms with Crippen LogP contribution in [0.4, 0.5) is 0 Å². The van der Waals surface area contributed by atoms with E-state index in [0.717, 1.165) is 51.5 Å².